The maximum absolute atomic E-state index is 6.60. The zero-order valence-electron chi connectivity index (χ0n) is 73.3. The molecule has 29 aromatic rings. The molecule has 10 aromatic heterocycles. The van der Waals surface area contributed by atoms with Gasteiger partial charge >= 0.3 is 0 Å². The highest BCUT2D eigenvalue weighted by molar-refractivity contribution is 7.27. The Morgan fingerprint density at radius 2 is 0.599 bits per heavy atom. The first-order valence-electron chi connectivity index (χ1n) is 45.8. The average Bonchev–Trinajstić information content (AvgIpc) is 1.56. The monoisotopic (exact) mass is 1800 g/mol. The van der Waals surface area contributed by atoms with Gasteiger partial charge in [-0.3, -0.25) is 13.7 Å². The number of rotatable bonds is 11. The predicted octanol–water partition coefficient (Wildman–Crippen LogP) is 33.6. The van der Waals surface area contributed by atoms with E-state index in [1.165, 1.54) is 88.8 Å². The van der Waals surface area contributed by atoms with Crippen LogP contribution in [0.2, 0.25) is 0 Å². The first-order chi connectivity index (χ1) is 67.9. The van der Waals surface area contributed by atoms with E-state index in [-0.39, 0.29) is 0 Å². The van der Waals surface area contributed by atoms with Crippen molar-refractivity contribution in [2.45, 2.75) is 0 Å². The highest BCUT2D eigenvalue weighted by atomic mass is 32.1. The molecule has 0 fully saturated rings. The predicted molar refractivity (Wildman–Crippen MR) is 574 cm³/mol. The van der Waals surface area contributed by atoms with Crippen LogP contribution in [-0.2, 0) is 0 Å². The highest BCUT2D eigenvalue weighted by Gasteiger charge is 2.27. The number of nitrogens with zero attached hydrogens (tertiary/aromatic N) is 10. The second kappa shape index (κ2) is 32.7. The van der Waals surface area contributed by atoms with Gasteiger partial charge in [0, 0.05) is 117 Å². The van der Waals surface area contributed by atoms with Crippen LogP contribution in [0, 0.1) is 0 Å². The third kappa shape index (κ3) is 13.5. The van der Waals surface area contributed by atoms with Gasteiger partial charge in [0.1, 0.15) is 16.2 Å². The number of benzene rings is 19. The van der Waals surface area contributed by atoms with Gasteiger partial charge in [-0.25, -0.2) is 34.9 Å². The van der Waals surface area contributed by atoms with Gasteiger partial charge in [-0.2, -0.15) is 0 Å². The van der Waals surface area contributed by atoms with E-state index in [9.17, 15) is 0 Å². The molecule has 0 spiro atoms. The molecule has 640 valence electrons. The van der Waals surface area contributed by atoms with Crippen molar-refractivity contribution in [1.29, 1.82) is 0 Å². The lowest BCUT2D eigenvalue weighted by Gasteiger charge is -2.13. The van der Waals surface area contributed by atoms with Crippen molar-refractivity contribution < 1.29 is 4.42 Å². The molecule has 11 nitrogen and oxygen atoms in total. The number of fused-ring (bicyclic) bond motifs is 24. The average molecular weight is 1800 g/mol. The first-order valence-corrected chi connectivity index (χ1v) is 48.2. The number of thiazole rings is 1. The maximum Gasteiger partial charge on any atom is 0.235 e. The van der Waals surface area contributed by atoms with Gasteiger partial charge in [-0.1, -0.05) is 340 Å². The number of para-hydroxylation sites is 5. The fourth-order valence-electron chi connectivity index (χ4n) is 20.2. The molecular weight excluding hydrogens is 1730 g/mol. The Labute approximate surface area is 796 Å². The van der Waals surface area contributed by atoms with Crippen molar-refractivity contribution >= 4 is 194 Å². The molecule has 29 rings (SSSR count). The van der Waals surface area contributed by atoms with E-state index in [0.29, 0.717) is 17.8 Å². The van der Waals surface area contributed by atoms with E-state index in [4.69, 9.17) is 39.3 Å². The largest absolute Gasteiger partial charge is 0.455 e. The molecule has 0 saturated carbocycles. The third-order valence-electron chi connectivity index (χ3n) is 26.6. The third-order valence-corrected chi connectivity index (χ3v) is 30.1. The van der Waals surface area contributed by atoms with Crippen molar-refractivity contribution in [1.82, 2.24) is 48.6 Å². The fourth-order valence-corrected chi connectivity index (χ4v) is 23.7. The van der Waals surface area contributed by atoms with Crippen LogP contribution in [0.3, 0.4) is 0 Å². The topological polar surface area (TPSA) is 118 Å². The van der Waals surface area contributed by atoms with E-state index < -0.39 is 0 Å². The molecule has 0 radical (unpaired) electrons. The lowest BCUT2D eigenvalue weighted by Crippen LogP contribution is -2.03. The fraction of sp³-hybridized carbons (Fsp3) is 0. The summed E-state index contributed by atoms with van der Waals surface area (Å²) in [4.78, 5) is 36.0. The molecule has 137 heavy (non-hydrogen) atoms. The lowest BCUT2D eigenvalue weighted by atomic mass is 10.00. The molecule has 0 aliphatic rings. The number of hydrogen-bond donors (Lipinski definition) is 0. The summed E-state index contributed by atoms with van der Waals surface area (Å²) in [5.41, 5.74) is 27.3. The molecule has 0 bridgehead atoms. The molecule has 0 aliphatic heterocycles. The van der Waals surface area contributed by atoms with Crippen molar-refractivity contribution in [2.24, 2.45) is 0 Å². The maximum atomic E-state index is 6.60. The molecule has 10 heterocycles. The minimum Gasteiger partial charge on any atom is -0.455 e. The van der Waals surface area contributed by atoms with Crippen LogP contribution < -0.4 is 0 Å². The van der Waals surface area contributed by atoms with Crippen LogP contribution in [0.4, 0.5) is 0 Å². The van der Waals surface area contributed by atoms with Crippen molar-refractivity contribution in [3.8, 4) is 107 Å². The number of furan rings is 1. The van der Waals surface area contributed by atoms with Gasteiger partial charge in [0.25, 0.3) is 0 Å². The van der Waals surface area contributed by atoms with E-state index in [1.54, 1.807) is 11.3 Å². The Morgan fingerprint density at radius 3 is 1.18 bits per heavy atom. The summed E-state index contributed by atoms with van der Waals surface area (Å²) in [6.45, 7) is 0. The standard InChI is InChI=1S/C44H27N3O.C44H27N3S.C35H20N4S2/c1-3-12-28(13-4-1)30-16-11-17-32(26-30)42-35-19-7-9-20-37(35)45-44(46-42)47-38-25-24-34-33-18-8-10-21-40(33)48-43(34)41(38)36-23-22-31(27-39(36)47)29-14-5-2-6-15-29;1-3-11-28(12-4-1)30-19-21-31(22-20-30)42-35-16-7-9-17-37(35)45-44(46-42)47-38-26-25-34-33-15-8-10-18-40(33)48-43(34)41(38)36-24-23-32(27-39(36)47)29-13-5-2-6-14-29;1-4-13-28-25(11-1)32-29(17-16-24-23-10-2-5-14-30(23)40-33(24)32)39(28)35-36-19-18-26(38-35)21-8-7-9-22(20-21)34-37-27-12-3-6-15-31(27)41-34/h2*1-27H;1-20H. The lowest BCUT2D eigenvalue weighted by molar-refractivity contribution is 0.673. The van der Waals surface area contributed by atoms with Gasteiger partial charge in [0.2, 0.25) is 17.8 Å². The van der Waals surface area contributed by atoms with Crippen molar-refractivity contribution in [3.63, 3.8) is 0 Å². The van der Waals surface area contributed by atoms with Gasteiger partial charge in [-0.15, -0.1) is 34.0 Å². The summed E-state index contributed by atoms with van der Waals surface area (Å²) < 4.78 is 19.7. The minimum absolute atomic E-state index is 0.620. The summed E-state index contributed by atoms with van der Waals surface area (Å²) in [5, 5.41) is 17.5. The van der Waals surface area contributed by atoms with Crippen LogP contribution in [0.1, 0.15) is 0 Å². The Morgan fingerprint density at radius 1 is 0.204 bits per heavy atom. The molecule has 0 saturated heterocycles. The SMILES string of the molecule is c1cc(-c2ccnc(-n3c4ccccc4c4c5sc6ccccc6c5ccc43)n2)cc(-c2nc3ccccc3s2)c1.c1ccc(-c2ccc(-c3nc(-n4c5cc(-c6ccccc6)ccc5c5c6sc7ccccc7c6ccc54)nc4ccccc34)cc2)cc1.c1ccc(-c2cccc(-c3nc(-n4c5cc(-c6ccccc6)ccc5c5c6oc7ccccc7c6ccc54)nc4ccccc34)c2)cc1. The zero-order valence-corrected chi connectivity index (χ0v) is 75.8. The van der Waals surface area contributed by atoms with E-state index >= 15 is 0 Å². The van der Waals surface area contributed by atoms with Crippen molar-refractivity contribution in [2.75, 3.05) is 0 Å². The van der Waals surface area contributed by atoms with Crippen LogP contribution >= 0.6 is 34.0 Å². The molecular formula is C123H74N10OS3. The van der Waals surface area contributed by atoms with E-state index in [1.807, 2.05) is 65.3 Å². The smallest absolute Gasteiger partial charge is 0.235 e. The summed E-state index contributed by atoms with van der Waals surface area (Å²) in [7, 11) is 0. The Hall–Kier alpha value is -17.5. The molecule has 0 aliphatic carbocycles. The Kier molecular flexibility index (Phi) is 18.9. The first kappa shape index (κ1) is 79.2. The number of hydrogen-bond acceptors (Lipinski definition) is 11. The van der Waals surface area contributed by atoms with E-state index in [2.05, 4.69) is 420 Å². The number of thiophene rings is 2. The summed E-state index contributed by atoms with van der Waals surface area (Å²) >= 11 is 5.43. The second-order valence-electron chi connectivity index (χ2n) is 34.5. The summed E-state index contributed by atoms with van der Waals surface area (Å²) in [6, 6.07) is 156. The van der Waals surface area contributed by atoms with Crippen LogP contribution in [0.25, 0.3) is 266 Å². The highest BCUT2D eigenvalue weighted by Crippen LogP contribution is 2.49. The second-order valence-corrected chi connectivity index (χ2v) is 37.6. The summed E-state index contributed by atoms with van der Waals surface area (Å²) in [6.07, 6.45) is 1.86. The number of aromatic nitrogens is 10. The molecule has 0 amide bonds. The molecule has 19 aromatic carbocycles. The molecule has 0 atom stereocenters. The van der Waals surface area contributed by atoms with Gasteiger partial charge in [-0.05, 0) is 148 Å². The molecule has 0 N–H and O–H groups in total. The molecule has 0 unspecified atom stereocenters. The van der Waals surface area contributed by atoms with Gasteiger partial charge < -0.3 is 4.42 Å². The van der Waals surface area contributed by atoms with Crippen molar-refractivity contribution in [3.05, 3.63) is 449 Å². The van der Waals surface area contributed by atoms with Crippen LogP contribution in [0.5, 0.6) is 0 Å². The summed E-state index contributed by atoms with van der Waals surface area (Å²) in [5.74, 6) is 1.95. The van der Waals surface area contributed by atoms with Gasteiger partial charge in [0.05, 0.1) is 76.8 Å². The van der Waals surface area contributed by atoms with Crippen LogP contribution in [0.15, 0.2) is 453 Å². The Balaban J connectivity index is 0.000000104. The van der Waals surface area contributed by atoms with E-state index in [0.717, 1.165) is 160 Å². The normalized spacial score (nSPS) is 11.8. The zero-order chi connectivity index (χ0) is 90.1. The van der Waals surface area contributed by atoms with Gasteiger partial charge in [0.15, 0.2) is 0 Å². The van der Waals surface area contributed by atoms with Crippen LogP contribution in [-0.4, -0.2) is 48.6 Å². The quantitative estimate of drug-likeness (QED) is 0.126. The molecule has 14 heteroatoms. The minimum atomic E-state index is 0.620. The Bertz CT molecular complexity index is 9850.